The Morgan fingerprint density at radius 3 is 1.07 bits per heavy atom. The van der Waals surface area contributed by atoms with Gasteiger partial charge in [-0.15, -0.1) is 0 Å². The van der Waals surface area contributed by atoms with E-state index in [4.69, 9.17) is 0 Å². The molecule has 2 aliphatic carbocycles. The van der Waals surface area contributed by atoms with E-state index in [1.807, 2.05) is 104 Å². The number of carbonyl (C=O) groups excluding carboxylic acids is 2. The molecule has 6 rings (SSSR count). The molecule has 0 spiro atoms. The van der Waals surface area contributed by atoms with Crippen LogP contribution in [0.4, 0.5) is 0 Å². The van der Waals surface area contributed by atoms with Gasteiger partial charge in [-0.25, -0.2) is 0 Å². The highest BCUT2D eigenvalue weighted by molar-refractivity contribution is 6.16. The van der Waals surface area contributed by atoms with Crippen LogP contribution in [0, 0.1) is 0 Å². The fourth-order valence-electron chi connectivity index (χ4n) is 5.40. The zero-order valence-corrected chi connectivity index (χ0v) is 24.9. The van der Waals surface area contributed by atoms with Crippen molar-refractivity contribution in [1.82, 2.24) is 0 Å². The molecule has 0 bridgehead atoms. The summed E-state index contributed by atoms with van der Waals surface area (Å²) in [5, 5.41) is 21.3. The second-order valence-corrected chi connectivity index (χ2v) is 8.27. The normalized spacial score (nSPS) is 15.3. The number of carbonyl (C=O) groups is 2. The third kappa shape index (κ3) is 5.44. The van der Waals surface area contributed by atoms with E-state index >= 15 is 0 Å². The van der Waals surface area contributed by atoms with Gasteiger partial charge in [0.25, 0.3) is 0 Å². The number of hydrogen-bond acceptors (Lipinski definition) is 4. The second kappa shape index (κ2) is 14.8. The topological polar surface area (TPSA) is 74.6 Å². The van der Waals surface area contributed by atoms with E-state index in [0.29, 0.717) is 22.3 Å². The Balaban J connectivity index is 0.000000646. The third-order valence-corrected chi connectivity index (χ3v) is 6.69. The molecule has 2 aliphatic rings. The molecule has 0 radical (unpaired) electrons. The van der Waals surface area contributed by atoms with E-state index in [-0.39, 0.29) is 34.9 Å². The van der Waals surface area contributed by atoms with E-state index in [1.165, 1.54) is 12.1 Å². The van der Waals surface area contributed by atoms with Crippen LogP contribution in [0.25, 0.3) is 0 Å². The van der Waals surface area contributed by atoms with Crippen molar-refractivity contribution in [2.45, 2.75) is 67.2 Å². The highest BCUT2D eigenvalue weighted by atomic mass is 16.3. The Bertz CT molecular complexity index is 1340. The quantitative estimate of drug-likeness (QED) is 0.253. The molecule has 0 aromatic heterocycles. The molecule has 2 N–H and O–H groups in total. The highest BCUT2D eigenvalue weighted by Crippen LogP contribution is 2.53. The van der Waals surface area contributed by atoms with Crippen LogP contribution >= 0.6 is 0 Å². The van der Waals surface area contributed by atoms with Crippen molar-refractivity contribution in [2.75, 3.05) is 0 Å². The average Bonchev–Trinajstić information content (AvgIpc) is 3.02. The van der Waals surface area contributed by atoms with Crippen molar-refractivity contribution in [2.24, 2.45) is 0 Å². The van der Waals surface area contributed by atoms with Gasteiger partial charge in [0, 0.05) is 23.0 Å². The van der Waals surface area contributed by atoms with Gasteiger partial charge in [-0.3, -0.25) is 9.59 Å². The third-order valence-electron chi connectivity index (χ3n) is 6.69. The Morgan fingerprint density at radius 1 is 0.425 bits per heavy atom. The summed E-state index contributed by atoms with van der Waals surface area (Å²) in [6.45, 7) is 16.0. The molecule has 0 saturated heterocycles. The van der Waals surface area contributed by atoms with Crippen LogP contribution in [0.5, 0.6) is 11.5 Å². The maximum Gasteiger partial charge on any atom is 0.197 e. The van der Waals surface area contributed by atoms with Gasteiger partial charge >= 0.3 is 0 Å². The number of rotatable bonds is 1. The lowest BCUT2D eigenvalue weighted by molar-refractivity contribution is 0.101. The summed E-state index contributed by atoms with van der Waals surface area (Å²) in [7, 11) is 0. The molecule has 210 valence electrons. The maximum absolute atomic E-state index is 13.3. The molecule has 4 aromatic carbocycles. The number of phenols is 2. The van der Waals surface area contributed by atoms with Gasteiger partial charge in [-0.2, -0.15) is 0 Å². The first-order chi connectivity index (χ1) is 19.6. The number of benzene rings is 4. The highest BCUT2D eigenvalue weighted by Gasteiger charge is 2.43. The number of phenolic OH excluding ortho intramolecular Hbond substituents is 2. The van der Waals surface area contributed by atoms with Gasteiger partial charge in [-0.1, -0.05) is 128 Å². The molecule has 0 saturated carbocycles. The zero-order chi connectivity index (χ0) is 30.0. The molecule has 4 nitrogen and oxygen atoms in total. The summed E-state index contributed by atoms with van der Waals surface area (Å²) in [5.74, 6) is -1.16. The SMILES string of the molecule is CC.CC.CC.CC.O=C1c2ccccc2C(C2c3ccccc3C(=O)c3c(O)cccc32)c2cccc(O)c21. The first-order valence-electron chi connectivity index (χ1n) is 14.5. The predicted molar refractivity (Wildman–Crippen MR) is 165 cm³/mol. The standard InChI is InChI=1S/C28H18O4.4C2H6/c29-21-13-5-11-19-23(15-7-1-3-9-17(15)27(31)25(19)21)24-16-8-2-4-10-18(16)28(32)26-20(24)12-6-14-22(26)30;4*1-2/h1-14,23-24,29-30H;4*1-2H3. The zero-order valence-electron chi connectivity index (χ0n) is 24.9. The largest absolute Gasteiger partial charge is 0.507 e. The van der Waals surface area contributed by atoms with Crippen molar-refractivity contribution >= 4 is 11.6 Å². The molecule has 0 aliphatic heterocycles. The Kier molecular flexibility index (Phi) is 11.9. The Hall–Kier alpha value is -4.18. The van der Waals surface area contributed by atoms with E-state index < -0.39 is 0 Å². The lowest BCUT2D eigenvalue weighted by atomic mass is 9.64. The van der Waals surface area contributed by atoms with E-state index in [9.17, 15) is 19.8 Å². The van der Waals surface area contributed by atoms with Gasteiger partial charge in [0.15, 0.2) is 11.6 Å². The minimum atomic E-state index is -0.319. The molecule has 0 amide bonds. The lowest BCUT2D eigenvalue weighted by Crippen LogP contribution is -2.29. The predicted octanol–water partition coefficient (Wildman–Crippen LogP) is 9.26. The molecule has 2 unspecified atom stereocenters. The van der Waals surface area contributed by atoms with Crippen LogP contribution < -0.4 is 0 Å². The van der Waals surface area contributed by atoms with Crippen LogP contribution in [0.15, 0.2) is 84.9 Å². The summed E-state index contributed by atoms with van der Waals surface area (Å²) in [6.07, 6.45) is 0. The van der Waals surface area contributed by atoms with Crippen LogP contribution in [0.3, 0.4) is 0 Å². The van der Waals surface area contributed by atoms with Crippen LogP contribution in [0.2, 0.25) is 0 Å². The van der Waals surface area contributed by atoms with Gasteiger partial charge in [0.05, 0.1) is 11.1 Å². The van der Waals surface area contributed by atoms with Crippen LogP contribution in [-0.2, 0) is 0 Å². The summed E-state index contributed by atoms with van der Waals surface area (Å²) in [5.41, 5.74) is 4.82. The Morgan fingerprint density at radius 2 is 0.725 bits per heavy atom. The van der Waals surface area contributed by atoms with E-state index in [2.05, 4.69) is 0 Å². The van der Waals surface area contributed by atoms with Gasteiger partial charge < -0.3 is 10.2 Å². The number of aromatic hydroxyl groups is 2. The molecule has 40 heavy (non-hydrogen) atoms. The number of ketones is 2. The second-order valence-electron chi connectivity index (χ2n) is 8.27. The first-order valence-corrected chi connectivity index (χ1v) is 14.5. The summed E-state index contributed by atoms with van der Waals surface area (Å²) < 4.78 is 0. The molecule has 0 heterocycles. The molecule has 0 fully saturated rings. The fourth-order valence-corrected chi connectivity index (χ4v) is 5.40. The summed E-state index contributed by atoms with van der Waals surface area (Å²) >= 11 is 0. The van der Waals surface area contributed by atoms with Crippen LogP contribution in [0.1, 0.15) is 121 Å². The minimum absolute atomic E-state index is 0.0525. The monoisotopic (exact) mass is 538 g/mol. The van der Waals surface area contributed by atoms with Crippen molar-refractivity contribution in [1.29, 1.82) is 0 Å². The van der Waals surface area contributed by atoms with Crippen LogP contribution in [-0.4, -0.2) is 21.8 Å². The van der Waals surface area contributed by atoms with Crippen molar-refractivity contribution in [3.8, 4) is 11.5 Å². The number of fused-ring (bicyclic) bond motifs is 4. The van der Waals surface area contributed by atoms with E-state index in [0.717, 1.165) is 22.3 Å². The van der Waals surface area contributed by atoms with Gasteiger partial charge in [-0.05, 0) is 34.4 Å². The average molecular weight is 539 g/mol. The fraction of sp³-hybridized carbons (Fsp3) is 0.278. The van der Waals surface area contributed by atoms with Gasteiger partial charge in [0.2, 0.25) is 0 Å². The number of hydrogen-bond donors (Lipinski definition) is 2. The summed E-state index contributed by atoms with van der Waals surface area (Å²) in [6, 6.07) is 25.1. The molecule has 4 aromatic rings. The lowest BCUT2D eigenvalue weighted by Gasteiger charge is -2.38. The van der Waals surface area contributed by atoms with E-state index in [1.54, 1.807) is 24.3 Å². The molecule has 2 atom stereocenters. The van der Waals surface area contributed by atoms with Gasteiger partial charge in [0.1, 0.15) is 11.5 Å². The molecular weight excluding hydrogens is 496 g/mol. The first kappa shape index (κ1) is 32.0. The molecule has 4 heteroatoms. The Labute approximate surface area is 239 Å². The van der Waals surface area contributed by atoms with Crippen molar-refractivity contribution < 1.29 is 19.8 Å². The summed E-state index contributed by atoms with van der Waals surface area (Å²) in [4.78, 5) is 26.6. The smallest absolute Gasteiger partial charge is 0.197 e. The van der Waals surface area contributed by atoms with Crippen molar-refractivity contribution in [3.63, 3.8) is 0 Å². The van der Waals surface area contributed by atoms with Crippen molar-refractivity contribution in [3.05, 3.63) is 129 Å². The molecular formula is C36H42O4. The maximum atomic E-state index is 13.3. The minimum Gasteiger partial charge on any atom is -0.507 e.